The maximum Gasteiger partial charge on any atom is 0.335 e. The van der Waals surface area contributed by atoms with E-state index in [1.807, 2.05) is 0 Å². The molecule has 0 saturated carbocycles. The molecule has 22 heavy (non-hydrogen) atoms. The van der Waals surface area contributed by atoms with Crippen LogP contribution in [0.2, 0.25) is 0 Å². The lowest BCUT2D eigenvalue weighted by atomic mass is 9.82. The standard InChI is InChI=1S/C15H13NO6/c17-13(16-8-3-1-7(2-4-8)14(18)19)11-9-5-6-10(22-9)12(11)15(20)21/h1-6,9-12H,(H,16,17)(H,18,19)(H,20,21). The van der Waals surface area contributed by atoms with Crippen LogP contribution in [0.3, 0.4) is 0 Å². The van der Waals surface area contributed by atoms with Crippen molar-refractivity contribution >= 4 is 23.5 Å². The fraction of sp³-hybridized carbons (Fsp3) is 0.267. The first-order valence-electron chi connectivity index (χ1n) is 6.68. The minimum Gasteiger partial charge on any atom is -0.481 e. The summed E-state index contributed by atoms with van der Waals surface area (Å²) in [5, 5.41) is 20.7. The van der Waals surface area contributed by atoms with Crippen LogP contribution in [0.5, 0.6) is 0 Å². The largest absolute Gasteiger partial charge is 0.481 e. The van der Waals surface area contributed by atoms with Gasteiger partial charge in [0.05, 0.1) is 23.7 Å². The number of fused-ring (bicyclic) bond motifs is 2. The number of hydrogen-bond acceptors (Lipinski definition) is 4. The Balaban J connectivity index is 1.75. The van der Waals surface area contributed by atoms with E-state index in [1.165, 1.54) is 24.3 Å². The third-order valence-electron chi connectivity index (χ3n) is 3.89. The van der Waals surface area contributed by atoms with Gasteiger partial charge in [0, 0.05) is 5.69 Å². The van der Waals surface area contributed by atoms with Crippen LogP contribution >= 0.6 is 0 Å². The number of nitrogens with one attached hydrogen (secondary N) is 1. The van der Waals surface area contributed by atoms with E-state index in [9.17, 15) is 19.5 Å². The predicted molar refractivity (Wildman–Crippen MR) is 74.4 cm³/mol. The minimum atomic E-state index is -1.07. The molecule has 0 radical (unpaired) electrons. The van der Waals surface area contributed by atoms with Crippen molar-refractivity contribution in [1.29, 1.82) is 0 Å². The number of anilines is 1. The second-order valence-corrected chi connectivity index (χ2v) is 5.21. The van der Waals surface area contributed by atoms with Crippen molar-refractivity contribution in [3.63, 3.8) is 0 Å². The number of benzene rings is 1. The number of carbonyl (C=O) groups is 3. The predicted octanol–water partition coefficient (Wildman–Crippen LogP) is 0.977. The number of carboxylic acid groups (broad SMARTS) is 2. The van der Waals surface area contributed by atoms with Crippen LogP contribution in [0.15, 0.2) is 36.4 Å². The molecule has 1 aromatic carbocycles. The average Bonchev–Trinajstić information content (AvgIpc) is 3.08. The molecule has 1 saturated heterocycles. The van der Waals surface area contributed by atoms with Gasteiger partial charge in [-0.25, -0.2) is 4.79 Å². The van der Waals surface area contributed by atoms with E-state index in [0.717, 1.165) is 0 Å². The number of rotatable bonds is 4. The Hall–Kier alpha value is -2.67. The Labute approximate surface area is 125 Å². The van der Waals surface area contributed by atoms with Crippen molar-refractivity contribution in [2.45, 2.75) is 12.2 Å². The van der Waals surface area contributed by atoms with E-state index >= 15 is 0 Å². The Bertz CT molecular complexity index is 665. The van der Waals surface area contributed by atoms with Gasteiger partial charge in [0.1, 0.15) is 5.92 Å². The number of hydrogen-bond donors (Lipinski definition) is 3. The van der Waals surface area contributed by atoms with E-state index in [0.29, 0.717) is 5.69 Å². The molecule has 1 amide bonds. The summed E-state index contributed by atoms with van der Waals surface area (Å²) in [5.74, 6) is -4.29. The molecule has 7 nitrogen and oxygen atoms in total. The third kappa shape index (κ3) is 2.35. The summed E-state index contributed by atoms with van der Waals surface area (Å²) < 4.78 is 5.44. The Morgan fingerprint density at radius 3 is 2.09 bits per heavy atom. The summed E-state index contributed by atoms with van der Waals surface area (Å²) in [6.07, 6.45) is 2.24. The van der Waals surface area contributed by atoms with Gasteiger partial charge in [0.2, 0.25) is 5.91 Å². The molecule has 0 aliphatic carbocycles. The Morgan fingerprint density at radius 2 is 1.55 bits per heavy atom. The molecular weight excluding hydrogens is 290 g/mol. The molecule has 1 fully saturated rings. The van der Waals surface area contributed by atoms with Crippen LogP contribution in [-0.2, 0) is 14.3 Å². The van der Waals surface area contributed by atoms with E-state index in [-0.39, 0.29) is 5.56 Å². The highest BCUT2D eigenvalue weighted by molar-refractivity contribution is 5.97. The van der Waals surface area contributed by atoms with Crippen LogP contribution < -0.4 is 5.32 Å². The van der Waals surface area contributed by atoms with Gasteiger partial charge in [-0.05, 0) is 24.3 Å². The second-order valence-electron chi connectivity index (χ2n) is 5.21. The molecule has 1 aromatic rings. The van der Waals surface area contributed by atoms with Gasteiger partial charge in [0.15, 0.2) is 0 Å². The Morgan fingerprint density at radius 1 is 0.955 bits per heavy atom. The van der Waals surface area contributed by atoms with Crippen LogP contribution in [0.4, 0.5) is 5.69 Å². The zero-order valence-corrected chi connectivity index (χ0v) is 11.3. The molecule has 2 heterocycles. The number of ether oxygens (including phenoxy) is 1. The third-order valence-corrected chi connectivity index (χ3v) is 3.89. The smallest absolute Gasteiger partial charge is 0.335 e. The van der Waals surface area contributed by atoms with Gasteiger partial charge in [-0.1, -0.05) is 12.2 Å². The number of amides is 1. The molecular formula is C15H13NO6. The lowest BCUT2D eigenvalue weighted by Gasteiger charge is -2.21. The van der Waals surface area contributed by atoms with Crippen molar-refractivity contribution in [2.75, 3.05) is 5.32 Å². The van der Waals surface area contributed by atoms with Gasteiger partial charge in [-0.15, -0.1) is 0 Å². The summed E-state index contributed by atoms with van der Waals surface area (Å²) in [6.45, 7) is 0. The molecule has 2 aliphatic rings. The molecule has 2 bridgehead atoms. The second kappa shape index (κ2) is 5.27. The first-order valence-corrected chi connectivity index (χ1v) is 6.68. The van der Waals surface area contributed by atoms with E-state index in [1.54, 1.807) is 12.2 Å². The van der Waals surface area contributed by atoms with Gasteiger partial charge in [0.25, 0.3) is 0 Å². The highest BCUT2D eigenvalue weighted by Gasteiger charge is 2.53. The maximum atomic E-state index is 12.3. The maximum absolute atomic E-state index is 12.3. The molecule has 3 rings (SSSR count). The average molecular weight is 303 g/mol. The number of carbonyl (C=O) groups excluding carboxylic acids is 1. The molecule has 0 aromatic heterocycles. The van der Waals surface area contributed by atoms with Crippen LogP contribution in [0, 0.1) is 11.8 Å². The Kier molecular flexibility index (Phi) is 3.42. The number of carboxylic acids is 2. The summed E-state index contributed by atoms with van der Waals surface area (Å²) >= 11 is 0. The normalized spacial score (nSPS) is 28.5. The minimum absolute atomic E-state index is 0.104. The quantitative estimate of drug-likeness (QED) is 0.715. The van der Waals surface area contributed by atoms with Crippen molar-refractivity contribution in [1.82, 2.24) is 0 Å². The number of aliphatic carboxylic acids is 1. The summed E-state index contributed by atoms with van der Waals surface area (Å²) in [6, 6.07) is 5.65. The highest BCUT2D eigenvalue weighted by Crippen LogP contribution is 2.39. The highest BCUT2D eigenvalue weighted by atomic mass is 16.5. The fourth-order valence-electron chi connectivity index (χ4n) is 2.84. The van der Waals surface area contributed by atoms with E-state index < -0.39 is 41.9 Å². The fourth-order valence-corrected chi connectivity index (χ4v) is 2.84. The zero-order chi connectivity index (χ0) is 15.9. The van der Waals surface area contributed by atoms with Gasteiger partial charge in [-0.2, -0.15) is 0 Å². The SMILES string of the molecule is O=C(O)c1ccc(NC(=O)C2C3C=CC(O3)C2C(=O)O)cc1. The van der Waals surface area contributed by atoms with Gasteiger partial charge >= 0.3 is 11.9 Å². The molecule has 2 aliphatic heterocycles. The van der Waals surface area contributed by atoms with Crippen LogP contribution in [0.1, 0.15) is 10.4 Å². The van der Waals surface area contributed by atoms with Crippen molar-refractivity contribution in [3.8, 4) is 0 Å². The number of aromatic carboxylic acids is 1. The van der Waals surface area contributed by atoms with Crippen molar-refractivity contribution < 1.29 is 29.3 Å². The lowest BCUT2D eigenvalue weighted by molar-refractivity contribution is -0.145. The monoisotopic (exact) mass is 303 g/mol. The van der Waals surface area contributed by atoms with Crippen LogP contribution in [0.25, 0.3) is 0 Å². The molecule has 3 N–H and O–H groups in total. The molecule has 7 heteroatoms. The first kappa shape index (κ1) is 14.3. The van der Waals surface area contributed by atoms with Crippen molar-refractivity contribution in [3.05, 3.63) is 42.0 Å². The van der Waals surface area contributed by atoms with Crippen LogP contribution in [-0.4, -0.2) is 40.3 Å². The van der Waals surface area contributed by atoms with Gasteiger partial charge in [-0.3, -0.25) is 9.59 Å². The summed E-state index contributed by atoms with van der Waals surface area (Å²) in [7, 11) is 0. The molecule has 0 spiro atoms. The van der Waals surface area contributed by atoms with Gasteiger partial charge < -0.3 is 20.3 Å². The lowest BCUT2D eigenvalue weighted by Crippen LogP contribution is -2.39. The van der Waals surface area contributed by atoms with E-state index in [2.05, 4.69) is 5.32 Å². The topological polar surface area (TPSA) is 113 Å². The zero-order valence-electron chi connectivity index (χ0n) is 11.3. The van der Waals surface area contributed by atoms with E-state index in [4.69, 9.17) is 9.84 Å². The van der Waals surface area contributed by atoms with Crippen molar-refractivity contribution in [2.24, 2.45) is 11.8 Å². The first-order chi connectivity index (χ1) is 10.5. The molecule has 4 unspecified atom stereocenters. The summed E-state index contributed by atoms with van der Waals surface area (Å²) in [4.78, 5) is 34.4. The molecule has 114 valence electrons. The molecule has 4 atom stereocenters. The summed E-state index contributed by atoms with van der Waals surface area (Å²) in [5.41, 5.74) is 0.512.